The molecule has 5 heteroatoms. The maximum atomic E-state index is 12.2. The summed E-state index contributed by atoms with van der Waals surface area (Å²) in [4.78, 5) is 25.6. The summed E-state index contributed by atoms with van der Waals surface area (Å²) >= 11 is 0. The molecule has 2 aliphatic rings. The molecule has 0 saturated heterocycles. The van der Waals surface area contributed by atoms with Gasteiger partial charge in [-0.2, -0.15) is 0 Å². The van der Waals surface area contributed by atoms with E-state index in [2.05, 4.69) is 5.32 Å². The predicted octanol–water partition coefficient (Wildman–Crippen LogP) is 1.33. The summed E-state index contributed by atoms with van der Waals surface area (Å²) in [6.07, 6.45) is 2.38. The van der Waals surface area contributed by atoms with Crippen LogP contribution in [-0.4, -0.2) is 31.5 Å². The van der Waals surface area contributed by atoms with Gasteiger partial charge in [-0.15, -0.1) is 0 Å². The van der Waals surface area contributed by atoms with Crippen LogP contribution in [0.25, 0.3) is 0 Å². The molecule has 0 spiro atoms. The number of rotatable bonds is 3. The number of benzene rings is 1. The van der Waals surface area contributed by atoms with Gasteiger partial charge in [0, 0.05) is 13.0 Å². The minimum Gasteiger partial charge on any atom is -0.477 e. The van der Waals surface area contributed by atoms with Crippen LogP contribution in [0.5, 0.6) is 5.75 Å². The van der Waals surface area contributed by atoms with E-state index >= 15 is 0 Å². The Balaban J connectivity index is 1.66. The molecule has 1 heterocycles. The van der Waals surface area contributed by atoms with Crippen LogP contribution < -0.4 is 15.0 Å². The van der Waals surface area contributed by atoms with Crippen molar-refractivity contribution < 1.29 is 14.3 Å². The summed E-state index contributed by atoms with van der Waals surface area (Å²) in [5, 5.41) is 2.82. The fourth-order valence-electron chi connectivity index (χ4n) is 2.51. The van der Waals surface area contributed by atoms with Crippen molar-refractivity contribution in [1.82, 2.24) is 5.32 Å². The van der Waals surface area contributed by atoms with Gasteiger partial charge >= 0.3 is 0 Å². The quantitative estimate of drug-likeness (QED) is 0.904. The molecule has 5 nitrogen and oxygen atoms in total. The lowest BCUT2D eigenvalue weighted by atomic mass is 9.85. The SMILES string of the molecule is CN1C(=O)C(CNC(=O)C2CCC2)Oc2ccccc21. The van der Waals surface area contributed by atoms with Crippen molar-refractivity contribution in [3.63, 3.8) is 0 Å². The molecule has 1 unspecified atom stereocenters. The number of anilines is 1. The van der Waals surface area contributed by atoms with E-state index in [9.17, 15) is 9.59 Å². The first-order valence-electron chi connectivity index (χ1n) is 6.98. The molecule has 1 aliphatic carbocycles. The number of hydrogen-bond acceptors (Lipinski definition) is 3. The lowest BCUT2D eigenvalue weighted by Gasteiger charge is -2.32. The zero-order chi connectivity index (χ0) is 14.1. The second-order valence-electron chi connectivity index (χ2n) is 5.34. The highest BCUT2D eigenvalue weighted by molar-refractivity contribution is 5.99. The van der Waals surface area contributed by atoms with Crippen molar-refractivity contribution in [2.75, 3.05) is 18.5 Å². The predicted molar refractivity (Wildman–Crippen MR) is 74.6 cm³/mol. The van der Waals surface area contributed by atoms with E-state index in [4.69, 9.17) is 4.74 Å². The van der Waals surface area contributed by atoms with E-state index in [1.807, 2.05) is 24.3 Å². The number of hydrogen-bond donors (Lipinski definition) is 1. The van der Waals surface area contributed by atoms with E-state index in [1.165, 1.54) is 0 Å². The first-order valence-corrected chi connectivity index (χ1v) is 6.98. The van der Waals surface area contributed by atoms with Gasteiger partial charge in [-0.05, 0) is 25.0 Å². The first kappa shape index (κ1) is 13.0. The number of nitrogens with zero attached hydrogens (tertiary/aromatic N) is 1. The summed E-state index contributed by atoms with van der Waals surface area (Å²) in [5.74, 6) is 0.711. The molecule has 1 aliphatic heterocycles. The van der Waals surface area contributed by atoms with E-state index in [0.717, 1.165) is 24.9 Å². The van der Waals surface area contributed by atoms with Gasteiger partial charge in [0.15, 0.2) is 6.10 Å². The number of likely N-dealkylation sites (N-methyl/N-ethyl adjacent to an activating group) is 1. The Morgan fingerprint density at radius 1 is 1.40 bits per heavy atom. The van der Waals surface area contributed by atoms with Crippen molar-refractivity contribution in [3.05, 3.63) is 24.3 Å². The molecular weight excluding hydrogens is 256 g/mol. The average Bonchev–Trinajstić information content (AvgIpc) is 2.39. The van der Waals surface area contributed by atoms with Crippen LogP contribution in [0.3, 0.4) is 0 Å². The fourth-order valence-corrected chi connectivity index (χ4v) is 2.51. The van der Waals surface area contributed by atoms with Crippen molar-refractivity contribution in [2.45, 2.75) is 25.4 Å². The lowest BCUT2D eigenvalue weighted by molar-refractivity contribution is -0.129. The van der Waals surface area contributed by atoms with Crippen molar-refractivity contribution >= 4 is 17.5 Å². The Bertz CT molecular complexity index is 540. The molecule has 1 fully saturated rings. The van der Waals surface area contributed by atoms with E-state index in [1.54, 1.807) is 11.9 Å². The highest BCUT2D eigenvalue weighted by Gasteiger charge is 2.33. The van der Waals surface area contributed by atoms with Crippen molar-refractivity contribution in [3.8, 4) is 5.75 Å². The Hall–Kier alpha value is -2.04. The maximum absolute atomic E-state index is 12.2. The normalized spacial score (nSPS) is 21.8. The molecule has 20 heavy (non-hydrogen) atoms. The van der Waals surface area contributed by atoms with Gasteiger partial charge in [0.1, 0.15) is 5.75 Å². The monoisotopic (exact) mass is 274 g/mol. The van der Waals surface area contributed by atoms with Crippen molar-refractivity contribution in [1.29, 1.82) is 0 Å². The third-order valence-electron chi connectivity index (χ3n) is 4.04. The minimum atomic E-state index is -0.640. The van der Waals surface area contributed by atoms with Crippen LogP contribution in [0.4, 0.5) is 5.69 Å². The highest BCUT2D eigenvalue weighted by atomic mass is 16.5. The van der Waals surface area contributed by atoms with Crippen LogP contribution in [0.2, 0.25) is 0 Å². The van der Waals surface area contributed by atoms with E-state index in [0.29, 0.717) is 5.75 Å². The second kappa shape index (κ2) is 5.15. The van der Waals surface area contributed by atoms with Gasteiger partial charge in [-0.25, -0.2) is 0 Å². The lowest BCUT2D eigenvalue weighted by Crippen LogP contribution is -2.50. The molecule has 0 aromatic heterocycles. The fraction of sp³-hybridized carbons (Fsp3) is 0.467. The van der Waals surface area contributed by atoms with Crippen LogP contribution in [0.15, 0.2) is 24.3 Å². The van der Waals surface area contributed by atoms with E-state index < -0.39 is 6.10 Å². The molecule has 1 saturated carbocycles. The van der Waals surface area contributed by atoms with Crippen LogP contribution in [0.1, 0.15) is 19.3 Å². The molecule has 106 valence electrons. The van der Waals surface area contributed by atoms with Gasteiger partial charge in [0.25, 0.3) is 5.91 Å². The summed E-state index contributed by atoms with van der Waals surface area (Å²) in [6, 6.07) is 7.41. The third kappa shape index (κ3) is 2.24. The van der Waals surface area contributed by atoms with E-state index in [-0.39, 0.29) is 24.3 Å². The average molecular weight is 274 g/mol. The van der Waals surface area contributed by atoms with Crippen LogP contribution in [0, 0.1) is 5.92 Å². The molecule has 0 bridgehead atoms. The largest absolute Gasteiger partial charge is 0.477 e. The van der Waals surface area contributed by atoms with Gasteiger partial charge < -0.3 is 15.0 Å². The summed E-state index contributed by atoms with van der Waals surface area (Å²) in [5.41, 5.74) is 0.763. The van der Waals surface area contributed by atoms with Crippen LogP contribution in [-0.2, 0) is 9.59 Å². The number of fused-ring (bicyclic) bond motifs is 1. The Morgan fingerprint density at radius 2 is 2.15 bits per heavy atom. The molecule has 2 amide bonds. The summed E-state index contributed by atoms with van der Waals surface area (Å²) in [7, 11) is 1.73. The third-order valence-corrected chi connectivity index (χ3v) is 4.04. The number of carbonyl (C=O) groups is 2. The molecule has 1 N–H and O–H groups in total. The summed E-state index contributed by atoms with van der Waals surface area (Å²) in [6.45, 7) is 0.229. The second-order valence-corrected chi connectivity index (χ2v) is 5.34. The zero-order valence-corrected chi connectivity index (χ0v) is 11.5. The molecule has 1 aromatic carbocycles. The van der Waals surface area contributed by atoms with Gasteiger partial charge in [-0.1, -0.05) is 18.6 Å². The number of carbonyl (C=O) groups excluding carboxylic acids is 2. The van der Waals surface area contributed by atoms with Gasteiger partial charge in [0.2, 0.25) is 5.91 Å². The van der Waals surface area contributed by atoms with Gasteiger partial charge in [0.05, 0.1) is 12.2 Å². The zero-order valence-electron chi connectivity index (χ0n) is 11.5. The molecule has 1 atom stereocenters. The summed E-state index contributed by atoms with van der Waals surface area (Å²) < 4.78 is 5.69. The Kier molecular flexibility index (Phi) is 3.34. The Morgan fingerprint density at radius 3 is 2.85 bits per heavy atom. The standard InChI is InChI=1S/C15H18N2O3/c1-17-11-7-2-3-8-12(11)20-13(15(17)19)9-16-14(18)10-5-4-6-10/h2-3,7-8,10,13H,4-6,9H2,1H3,(H,16,18). The van der Waals surface area contributed by atoms with Gasteiger partial charge in [-0.3, -0.25) is 9.59 Å². The van der Waals surface area contributed by atoms with Crippen molar-refractivity contribution in [2.24, 2.45) is 5.92 Å². The van der Waals surface area contributed by atoms with Crippen LogP contribution >= 0.6 is 0 Å². The Labute approximate surface area is 117 Å². The topological polar surface area (TPSA) is 58.6 Å². The number of para-hydroxylation sites is 2. The molecular formula is C15H18N2O3. The number of amides is 2. The molecule has 1 aromatic rings. The number of ether oxygens (including phenoxy) is 1. The maximum Gasteiger partial charge on any atom is 0.269 e. The smallest absolute Gasteiger partial charge is 0.269 e. The first-order chi connectivity index (χ1) is 9.66. The molecule has 0 radical (unpaired) electrons. The molecule has 3 rings (SSSR count). The minimum absolute atomic E-state index is 0.0363. The highest BCUT2D eigenvalue weighted by Crippen LogP contribution is 2.32. The number of nitrogens with one attached hydrogen (secondary N) is 1.